The number of nitrogens with zero attached hydrogens (tertiary/aromatic N) is 4. The van der Waals surface area contributed by atoms with E-state index in [2.05, 4.69) is 67.5 Å². The number of ether oxygens (including phenoxy) is 1. The van der Waals surface area contributed by atoms with Crippen molar-refractivity contribution in [1.29, 1.82) is 0 Å². The van der Waals surface area contributed by atoms with Crippen LogP contribution >= 0.6 is 0 Å². The first-order chi connectivity index (χ1) is 19.1. The number of carbonyl (C=O) groups is 1. The SMILES string of the molecule is CC1CCCCO1.CNC(=O)c1cnc(N2CCC(CNCc3cn(CC4CC4)c4ccccc34)CC2)nc1. The van der Waals surface area contributed by atoms with E-state index in [1.807, 2.05) is 0 Å². The summed E-state index contributed by atoms with van der Waals surface area (Å²) in [4.78, 5) is 22.7. The first-order valence-electron chi connectivity index (χ1n) is 14.8. The van der Waals surface area contributed by atoms with E-state index < -0.39 is 0 Å². The average Bonchev–Trinajstić information content (AvgIpc) is 3.74. The van der Waals surface area contributed by atoms with Gasteiger partial charge in [0, 0.05) is 69.3 Å². The molecule has 1 atom stereocenters. The molecular formula is C31H44N6O2. The third-order valence-electron chi connectivity index (χ3n) is 8.20. The van der Waals surface area contributed by atoms with Gasteiger partial charge in [-0.25, -0.2) is 9.97 Å². The van der Waals surface area contributed by atoms with E-state index in [0.29, 0.717) is 23.5 Å². The van der Waals surface area contributed by atoms with Crippen molar-refractivity contribution in [2.75, 3.05) is 38.2 Å². The zero-order valence-electron chi connectivity index (χ0n) is 23.6. The molecule has 1 unspecified atom stereocenters. The Bertz CT molecular complexity index is 1190. The second kappa shape index (κ2) is 13.4. The number of nitrogens with one attached hydrogen (secondary N) is 2. The van der Waals surface area contributed by atoms with Crippen molar-refractivity contribution < 1.29 is 9.53 Å². The predicted octanol–water partition coefficient (Wildman–Crippen LogP) is 4.78. The quantitative estimate of drug-likeness (QED) is 0.434. The van der Waals surface area contributed by atoms with Crippen LogP contribution in [0, 0.1) is 11.8 Å². The number of fused-ring (bicyclic) bond motifs is 1. The van der Waals surface area contributed by atoms with Crippen LogP contribution in [0.1, 0.15) is 67.8 Å². The summed E-state index contributed by atoms with van der Waals surface area (Å²) in [5, 5.41) is 7.70. The van der Waals surface area contributed by atoms with E-state index in [9.17, 15) is 4.79 Å². The molecule has 6 rings (SSSR count). The van der Waals surface area contributed by atoms with Crippen molar-refractivity contribution in [3.8, 4) is 0 Å². The second-order valence-corrected chi connectivity index (χ2v) is 11.4. The summed E-state index contributed by atoms with van der Waals surface area (Å²) in [7, 11) is 1.61. The Morgan fingerprint density at radius 2 is 1.79 bits per heavy atom. The molecular weight excluding hydrogens is 488 g/mol. The number of anilines is 1. The molecule has 4 heterocycles. The third-order valence-corrected chi connectivity index (χ3v) is 8.20. The zero-order chi connectivity index (χ0) is 27.0. The molecule has 8 nitrogen and oxygen atoms in total. The van der Waals surface area contributed by atoms with Crippen molar-refractivity contribution in [3.05, 3.63) is 54.0 Å². The Labute approximate surface area is 232 Å². The molecule has 1 aromatic carbocycles. The Hall–Kier alpha value is -2.97. The van der Waals surface area contributed by atoms with E-state index in [1.54, 1.807) is 19.4 Å². The maximum Gasteiger partial charge on any atom is 0.254 e. The van der Waals surface area contributed by atoms with Crippen LogP contribution in [-0.2, 0) is 17.8 Å². The van der Waals surface area contributed by atoms with Gasteiger partial charge in [-0.05, 0) is 81.9 Å². The van der Waals surface area contributed by atoms with E-state index in [4.69, 9.17) is 4.74 Å². The largest absolute Gasteiger partial charge is 0.379 e. The molecule has 2 N–H and O–H groups in total. The molecule has 3 fully saturated rings. The predicted molar refractivity (Wildman–Crippen MR) is 156 cm³/mol. The highest BCUT2D eigenvalue weighted by atomic mass is 16.5. The Morgan fingerprint density at radius 1 is 1.03 bits per heavy atom. The van der Waals surface area contributed by atoms with Gasteiger partial charge in [-0.2, -0.15) is 0 Å². The Morgan fingerprint density at radius 3 is 2.44 bits per heavy atom. The maximum atomic E-state index is 11.7. The van der Waals surface area contributed by atoms with E-state index in [0.717, 1.165) is 58.1 Å². The van der Waals surface area contributed by atoms with Crippen molar-refractivity contribution >= 4 is 22.8 Å². The van der Waals surface area contributed by atoms with E-state index in [1.165, 1.54) is 48.6 Å². The van der Waals surface area contributed by atoms with Gasteiger partial charge < -0.3 is 24.8 Å². The Balaban J connectivity index is 0.000000384. The van der Waals surface area contributed by atoms with Crippen LogP contribution in [0.2, 0.25) is 0 Å². The number of hydrogen-bond acceptors (Lipinski definition) is 6. The fourth-order valence-corrected chi connectivity index (χ4v) is 5.59. The normalized spacial score (nSPS) is 19.9. The summed E-state index contributed by atoms with van der Waals surface area (Å²) >= 11 is 0. The van der Waals surface area contributed by atoms with Crippen molar-refractivity contribution in [2.24, 2.45) is 11.8 Å². The number of aromatic nitrogens is 3. The van der Waals surface area contributed by atoms with E-state index >= 15 is 0 Å². The van der Waals surface area contributed by atoms with Gasteiger partial charge in [0.25, 0.3) is 5.91 Å². The molecule has 3 aromatic rings. The van der Waals surface area contributed by atoms with Gasteiger partial charge in [0.15, 0.2) is 0 Å². The second-order valence-electron chi connectivity index (χ2n) is 11.4. The summed E-state index contributed by atoms with van der Waals surface area (Å²) in [6.45, 7) is 8.14. The molecule has 1 amide bonds. The minimum atomic E-state index is -0.156. The molecule has 2 aliphatic heterocycles. The number of hydrogen-bond donors (Lipinski definition) is 2. The number of rotatable bonds is 8. The van der Waals surface area contributed by atoms with Crippen LogP contribution in [0.15, 0.2) is 42.9 Å². The molecule has 0 bridgehead atoms. The molecule has 2 aromatic heterocycles. The molecule has 1 aliphatic carbocycles. The summed E-state index contributed by atoms with van der Waals surface area (Å²) in [5.74, 6) is 2.10. The molecule has 0 radical (unpaired) electrons. The minimum absolute atomic E-state index is 0.156. The van der Waals surface area contributed by atoms with Crippen LogP contribution in [0.3, 0.4) is 0 Å². The number of piperidine rings is 1. The lowest BCUT2D eigenvalue weighted by molar-refractivity contribution is 0.0285. The number of para-hydroxylation sites is 1. The monoisotopic (exact) mass is 532 g/mol. The standard InChI is InChI=1S/C25H32N6O.C6H12O/c1-26-24(32)20-14-28-25(29-15-20)30-10-8-18(9-11-30)12-27-13-21-17-31(16-19-6-7-19)23-5-3-2-4-22(21)23;1-6-4-2-3-5-7-6/h2-5,14-15,17-19,27H,6-13,16H2,1H3,(H,26,32);6H,2-5H2,1H3. The zero-order valence-corrected chi connectivity index (χ0v) is 23.6. The molecule has 0 spiro atoms. The van der Waals surface area contributed by atoms with Gasteiger partial charge >= 0.3 is 0 Å². The van der Waals surface area contributed by atoms with Crippen molar-refractivity contribution in [1.82, 2.24) is 25.2 Å². The van der Waals surface area contributed by atoms with Crippen LogP contribution in [0.25, 0.3) is 10.9 Å². The van der Waals surface area contributed by atoms with Crippen LogP contribution < -0.4 is 15.5 Å². The first kappa shape index (κ1) is 27.6. The first-order valence-corrected chi connectivity index (χ1v) is 14.8. The van der Waals surface area contributed by atoms with Gasteiger partial charge in [-0.15, -0.1) is 0 Å². The molecule has 210 valence electrons. The molecule has 1 saturated carbocycles. The van der Waals surface area contributed by atoms with Crippen molar-refractivity contribution in [3.63, 3.8) is 0 Å². The highest BCUT2D eigenvalue weighted by Gasteiger charge is 2.23. The van der Waals surface area contributed by atoms with E-state index in [-0.39, 0.29) is 5.91 Å². The fraction of sp³-hybridized carbons (Fsp3) is 0.581. The lowest BCUT2D eigenvalue weighted by Gasteiger charge is -2.32. The molecule has 8 heteroatoms. The summed E-state index contributed by atoms with van der Waals surface area (Å²) in [5.41, 5.74) is 3.27. The minimum Gasteiger partial charge on any atom is -0.379 e. The summed E-state index contributed by atoms with van der Waals surface area (Å²) in [6, 6.07) is 8.79. The lowest BCUT2D eigenvalue weighted by atomic mass is 9.97. The number of benzene rings is 1. The maximum absolute atomic E-state index is 11.7. The highest BCUT2D eigenvalue weighted by Crippen LogP contribution is 2.33. The van der Waals surface area contributed by atoms with Gasteiger partial charge in [0.2, 0.25) is 5.95 Å². The topological polar surface area (TPSA) is 84.3 Å². The lowest BCUT2D eigenvalue weighted by Crippen LogP contribution is -2.38. The summed E-state index contributed by atoms with van der Waals surface area (Å²) < 4.78 is 7.73. The van der Waals surface area contributed by atoms with Crippen molar-refractivity contribution in [2.45, 2.75) is 71.1 Å². The van der Waals surface area contributed by atoms with Crippen LogP contribution in [0.4, 0.5) is 5.95 Å². The summed E-state index contributed by atoms with van der Waals surface area (Å²) in [6.07, 6.45) is 15.0. The van der Waals surface area contributed by atoms with Gasteiger partial charge in [-0.3, -0.25) is 4.79 Å². The highest BCUT2D eigenvalue weighted by molar-refractivity contribution is 5.93. The Kier molecular flexibility index (Phi) is 9.48. The van der Waals surface area contributed by atoms with Crippen LogP contribution in [-0.4, -0.2) is 59.8 Å². The third kappa shape index (κ3) is 7.57. The smallest absolute Gasteiger partial charge is 0.254 e. The molecule has 2 saturated heterocycles. The van der Waals surface area contributed by atoms with Gasteiger partial charge in [0.1, 0.15) is 0 Å². The number of amides is 1. The van der Waals surface area contributed by atoms with Gasteiger partial charge in [-0.1, -0.05) is 18.2 Å². The van der Waals surface area contributed by atoms with Crippen LogP contribution in [0.5, 0.6) is 0 Å². The fourth-order valence-electron chi connectivity index (χ4n) is 5.59. The molecule has 39 heavy (non-hydrogen) atoms. The average molecular weight is 533 g/mol. The molecule has 3 aliphatic rings. The number of carbonyl (C=O) groups excluding carboxylic acids is 1. The van der Waals surface area contributed by atoms with Gasteiger partial charge in [0.05, 0.1) is 11.7 Å².